The number of allylic oxidation sites excluding steroid dienone is 4. The molecule has 1 heterocycles. The van der Waals surface area contributed by atoms with Gasteiger partial charge in [0.15, 0.2) is 0 Å². The van der Waals surface area contributed by atoms with E-state index in [1.165, 1.54) is 19.3 Å². The minimum Gasteiger partial charge on any atom is -0.481 e. The third-order valence-electron chi connectivity index (χ3n) is 6.67. The second-order valence-corrected chi connectivity index (χ2v) is 9.53. The fourth-order valence-corrected chi connectivity index (χ4v) is 4.03. The highest BCUT2D eigenvalue weighted by molar-refractivity contribution is 5.73. The third kappa shape index (κ3) is 8.25. The Labute approximate surface area is 182 Å². The largest absolute Gasteiger partial charge is 0.481 e. The number of aliphatic hydroxyl groups is 1. The summed E-state index contributed by atoms with van der Waals surface area (Å²) in [6, 6.07) is 0. The van der Waals surface area contributed by atoms with Gasteiger partial charge in [0.25, 0.3) is 0 Å². The van der Waals surface area contributed by atoms with E-state index < -0.39 is 17.5 Å². The minimum absolute atomic E-state index is 0.167. The van der Waals surface area contributed by atoms with Crippen LogP contribution in [-0.4, -0.2) is 34.9 Å². The number of aliphatic carboxylic acids is 1. The van der Waals surface area contributed by atoms with Crippen LogP contribution >= 0.6 is 0 Å². The number of fused-ring (bicyclic) bond motifs is 1. The highest BCUT2D eigenvalue weighted by atomic mass is 16.5. The fraction of sp³-hybridized carbons (Fsp3) is 0.760. The van der Waals surface area contributed by atoms with E-state index in [0.29, 0.717) is 19.4 Å². The molecule has 0 aromatic carbocycles. The molecule has 1 aliphatic heterocycles. The van der Waals surface area contributed by atoms with Gasteiger partial charge in [0, 0.05) is 6.42 Å². The first kappa shape index (κ1) is 26.4. The predicted molar refractivity (Wildman–Crippen MR) is 120 cm³/mol. The highest BCUT2D eigenvalue weighted by Gasteiger charge is 2.31. The summed E-state index contributed by atoms with van der Waals surface area (Å²) in [5, 5.41) is 17.2. The smallest absolute Gasteiger partial charge is 0.309 e. The standard InChI is InChI=1S/C14H22.C6H12O2.C5H8O3/c1-4-13-11(3)6-7-12-9-10(2)5-8-14(12)13;1-4-6(2,3)5(7)8;6-4-1-2-8-5(7)3-4/h6-7,9-11,13-14H,4-5,8H2,1-3H3;4H2,1-3H3,(H,7,8);4,6H,1-3H2/t10-,11+,13+,14+;;4-/m1.1/s1. The van der Waals surface area contributed by atoms with Crippen LogP contribution in [0.25, 0.3) is 0 Å². The van der Waals surface area contributed by atoms with Crippen LogP contribution in [0.2, 0.25) is 0 Å². The van der Waals surface area contributed by atoms with Crippen molar-refractivity contribution < 1.29 is 24.5 Å². The molecule has 1 saturated heterocycles. The van der Waals surface area contributed by atoms with E-state index in [0.717, 1.165) is 23.7 Å². The van der Waals surface area contributed by atoms with E-state index in [1.54, 1.807) is 19.4 Å². The first-order valence-electron chi connectivity index (χ1n) is 11.5. The second-order valence-electron chi connectivity index (χ2n) is 9.53. The van der Waals surface area contributed by atoms with Crippen LogP contribution in [0.15, 0.2) is 23.8 Å². The summed E-state index contributed by atoms with van der Waals surface area (Å²) >= 11 is 0. The molecule has 2 N–H and O–H groups in total. The zero-order valence-electron chi connectivity index (χ0n) is 19.7. The maximum atomic E-state index is 10.3. The molecule has 2 aliphatic carbocycles. The summed E-state index contributed by atoms with van der Waals surface area (Å²) in [6.45, 7) is 12.7. The molecule has 5 heteroatoms. The van der Waals surface area contributed by atoms with Gasteiger partial charge in [-0.15, -0.1) is 0 Å². The highest BCUT2D eigenvalue weighted by Crippen LogP contribution is 2.42. The molecule has 1 fully saturated rings. The van der Waals surface area contributed by atoms with Crippen molar-refractivity contribution in [2.24, 2.45) is 29.1 Å². The van der Waals surface area contributed by atoms with Crippen LogP contribution in [0.4, 0.5) is 0 Å². The van der Waals surface area contributed by atoms with E-state index in [4.69, 9.17) is 10.2 Å². The molecule has 3 rings (SSSR count). The number of rotatable bonds is 3. The molecule has 30 heavy (non-hydrogen) atoms. The summed E-state index contributed by atoms with van der Waals surface area (Å²) < 4.78 is 4.55. The number of cyclic esters (lactones) is 1. The summed E-state index contributed by atoms with van der Waals surface area (Å²) in [6.07, 6.45) is 12.4. The van der Waals surface area contributed by atoms with E-state index >= 15 is 0 Å². The Balaban J connectivity index is 0.000000243. The SMILES string of the molecule is CCC(C)(C)C(=O)O.CC[C@H]1[C@@H](C)C=CC2=C[C@H](C)CC[C@@H]21.O=C1C[C@H](O)CCO1. The number of aliphatic hydroxyl groups excluding tert-OH is 1. The van der Waals surface area contributed by atoms with Gasteiger partial charge < -0.3 is 14.9 Å². The molecule has 0 spiro atoms. The van der Waals surface area contributed by atoms with Crippen LogP contribution in [0.3, 0.4) is 0 Å². The van der Waals surface area contributed by atoms with E-state index in [-0.39, 0.29) is 12.4 Å². The number of esters is 1. The Morgan fingerprint density at radius 2 is 1.87 bits per heavy atom. The van der Waals surface area contributed by atoms with Gasteiger partial charge >= 0.3 is 11.9 Å². The van der Waals surface area contributed by atoms with Gasteiger partial charge in [0.05, 0.1) is 24.5 Å². The monoisotopic (exact) mass is 422 g/mol. The number of hydrogen-bond donors (Lipinski definition) is 2. The van der Waals surface area contributed by atoms with Gasteiger partial charge in [-0.25, -0.2) is 0 Å². The minimum atomic E-state index is -0.722. The van der Waals surface area contributed by atoms with E-state index in [1.807, 2.05) is 6.92 Å². The zero-order chi connectivity index (χ0) is 22.9. The number of carboxylic acids is 1. The van der Waals surface area contributed by atoms with E-state index in [9.17, 15) is 9.59 Å². The number of hydrogen-bond acceptors (Lipinski definition) is 4. The van der Waals surface area contributed by atoms with Gasteiger partial charge in [-0.2, -0.15) is 0 Å². The Morgan fingerprint density at radius 3 is 2.30 bits per heavy atom. The maximum absolute atomic E-state index is 10.3. The van der Waals surface area contributed by atoms with Crippen LogP contribution in [0, 0.1) is 29.1 Å². The van der Waals surface area contributed by atoms with Crippen molar-refractivity contribution in [2.45, 2.75) is 86.2 Å². The number of ether oxygens (including phenoxy) is 1. The molecular formula is C25H42O5. The average molecular weight is 423 g/mol. The molecule has 0 saturated carbocycles. The summed E-state index contributed by atoms with van der Waals surface area (Å²) in [5.74, 6) is 2.35. The topological polar surface area (TPSA) is 83.8 Å². The molecule has 0 aromatic heterocycles. The Bertz CT molecular complexity index is 619. The van der Waals surface area contributed by atoms with Gasteiger partial charge in [0.2, 0.25) is 0 Å². The Hall–Kier alpha value is -1.62. The van der Waals surface area contributed by atoms with Gasteiger partial charge in [-0.3, -0.25) is 9.59 Å². The molecule has 172 valence electrons. The lowest BCUT2D eigenvalue weighted by Gasteiger charge is -2.38. The molecule has 5 nitrogen and oxygen atoms in total. The predicted octanol–water partition coefficient (Wildman–Crippen LogP) is 5.38. The quantitative estimate of drug-likeness (QED) is 0.596. The molecular weight excluding hydrogens is 380 g/mol. The van der Waals surface area contributed by atoms with Crippen molar-refractivity contribution in [1.29, 1.82) is 0 Å². The second kappa shape index (κ2) is 12.3. The lowest BCUT2D eigenvalue weighted by Crippen LogP contribution is -2.27. The lowest BCUT2D eigenvalue weighted by atomic mass is 9.67. The van der Waals surface area contributed by atoms with Crippen molar-refractivity contribution in [3.8, 4) is 0 Å². The molecule has 0 amide bonds. The van der Waals surface area contributed by atoms with Gasteiger partial charge in [-0.1, -0.05) is 52.3 Å². The van der Waals surface area contributed by atoms with Gasteiger partial charge in [0.1, 0.15) is 0 Å². The summed E-state index contributed by atoms with van der Waals surface area (Å²) in [5.41, 5.74) is 1.09. The summed E-state index contributed by atoms with van der Waals surface area (Å²) in [7, 11) is 0. The third-order valence-corrected chi connectivity index (χ3v) is 6.67. The zero-order valence-corrected chi connectivity index (χ0v) is 19.7. The molecule has 0 unspecified atom stereocenters. The van der Waals surface area contributed by atoms with E-state index in [2.05, 4.69) is 43.7 Å². The Kier molecular flexibility index (Phi) is 10.8. The fourth-order valence-electron chi connectivity index (χ4n) is 4.03. The van der Waals surface area contributed by atoms with Crippen LogP contribution < -0.4 is 0 Å². The van der Waals surface area contributed by atoms with Crippen molar-refractivity contribution in [3.05, 3.63) is 23.8 Å². The normalized spacial score (nSPS) is 30.4. The molecule has 3 aliphatic rings. The van der Waals surface area contributed by atoms with Crippen LogP contribution in [-0.2, 0) is 14.3 Å². The lowest BCUT2D eigenvalue weighted by molar-refractivity contribution is -0.151. The molecule has 0 radical (unpaired) electrons. The molecule has 5 atom stereocenters. The number of carboxylic acid groups (broad SMARTS) is 1. The van der Waals surface area contributed by atoms with Crippen molar-refractivity contribution in [1.82, 2.24) is 0 Å². The molecule has 0 aromatic rings. The van der Waals surface area contributed by atoms with Crippen molar-refractivity contribution in [2.75, 3.05) is 6.61 Å². The van der Waals surface area contributed by atoms with Crippen LogP contribution in [0.5, 0.6) is 0 Å². The average Bonchev–Trinajstić information content (AvgIpc) is 2.69. The Morgan fingerprint density at radius 1 is 1.20 bits per heavy atom. The summed E-state index contributed by atoms with van der Waals surface area (Å²) in [4.78, 5) is 20.5. The molecule has 0 bridgehead atoms. The number of carbonyl (C=O) groups is 2. The van der Waals surface area contributed by atoms with Crippen LogP contribution in [0.1, 0.15) is 80.1 Å². The van der Waals surface area contributed by atoms with Crippen molar-refractivity contribution in [3.63, 3.8) is 0 Å². The maximum Gasteiger partial charge on any atom is 0.309 e. The first-order chi connectivity index (χ1) is 14.0. The first-order valence-corrected chi connectivity index (χ1v) is 11.5. The number of carbonyl (C=O) groups excluding carboxylic acids is 1. The van der Waals surface area contributed by atoms with Crippen molar-refractivity contribution >= 4 is 11.9 Å². The van der Waals surface area contributed by atoms with Gasteiger partial charge in [-0.05, 0) is 62.4 Å².